The molecule has 19 heavy (non-hydrogen) atoms. The van der Waals surface area contributed by atoms with Crippen LogP contribution < -0.4 is 14.8 Å². The van der Waals surface area contributed by atoms with E-state index >= 15 is 0 Å². The van der Waals surface area contributed by atoms with Crippen LogP contribution in [0.2, 0.25) is 0 Å². The van der Waals surface area contributed by atoms with E-state index in [1.807, 2.05) is 6.07 Å². The minimum Gasteiger partial charge on any atom is -0.486 e. The van der Waals surface area contributed by atoms with Crippen molar-refractivity contribution in [2.24, 2.45) is 0 Å². The molecule has 1 saturated heterocycles. The van der Waals surface area contributed by atoms with Gasteiger partial charge in [-0.3, -0.25) is 4.79 Å². The number of ether oxygens (including phenoxy) is 2. The van der Waals surface area contributed by atoms with E-state index in [9.17, 15) is 4.79 Å². The molecule has 0 spiro atoms. The zero-order chi connectivity index (χ0) is 13.2. The maximum atomic E-state index is 11.2. The zero-order valence-corrected chi connectivity index (χ0v) is 12.2. The number of carbonyl (C=O) groups is 1. The van der Waals surface area contributed by atoms with Crippen molar-refractivity contribution in [3.63, 3.8) is 0 Å². The molecule has 1 atom stereocenters. The SMILES string of the molecule is O=Cc1c(Br)cc(C2CCCNC2)c2c1OCCO2. The Morgan fingerprint density at radius 3 is 2.79 bits per heavy atom. The molecule has 4 nitrogen and oxygen atoms in total. The van der Waals surface area contributed by atoms with Gasteiger partial charge in [0.25, 0.3) is 0 Å². The van der Waals surface area contributed by atoms with Gasteiger partial charge >= 0.3 is 0 Å². The molecule has 0 amide bonds. The van der Waals surface area contributed by atoms with Gasteiger partial charge in [0, 0.05) is 22.5 Å². The van der Waals surface area contributed by atoms with Gasteiger partial charge in [-0.25, -0.2) is 0 Å². The Morgan fingerprint density at radius 2 is 2.11 bits per heavy atom. The van der Waals surface area contributed by atoms with Crippen LogP contribution in [0.3, 0.4) is 0 Å². The number of piperidine rings is 1. The van der Waals surface area contributed by atoms with E-state index in [0.717, 1.165) is 48.0 Å². The van der Waals surface area contributed by atoms with Gasteiger partial charge < -0.3 is 14.8 Å². The Bertz CT molecular complexity index is 498. The van der Waals surface area contributed by atoms with Gasteiger partial charge in [0.15, 0.2) is 17.8 Å². The first-order valence-electron chi connectivity index (χ1n) is 6.59. The molecule has 3 rings (SSSR count). The van der Waals surface area contributed by atoms with Crippen molar-refractivity contribution in [1.82, 2.24) is 5.32 Å². The smallest absolute Gasteiger partial charge is 0.173 e. The molecule has 0 radical (unpaired) electrons. The second kappa shape index (κ2) is 5.51. The lowest BCUT2D eigenvalue weighted by molar-refractivity contribution is 0.111. The highest BCUT2D eigenvalue weighted by atomic mass is 79.9. The molecule has 5 heteroatoms. The molecule has 0 saturated carbocycles. The average molecular weight is 326 g/mol. The Labute approximate surface area is 120 Å². The van der Waals surface area contributed by atoms with Crippen molar-refractivity contribution < 1.29 is 14.3 Å². The van der Waals surface area contributed by atoms with Crippen molar-refractivity contribution in [1.29, 1.82) is 0 Å². The Morgan fingerprint density at radius 1 is 1.32 bits per heavy atom. The van der Waals surface area contributed by atoms with E-state index in [2.05, 4.69) is 21.2 Å². The van der Waals surface area contributed by atoms with Gasteiger partial charge in [0.05, 0.1) is 5.56 Å². The molecule has 1 N–H and O–H groups in total. The second-order valence-electron chi connectivity index (χ2n) is 4.88. The molecule has 0 aromatic heterocycles. The van der Waals surface area contributed by atoms with Crippen LogP contribution >= 0.6 is 15.9 Å². The van der Waals surface area contributed by atoms with Crippen molar-refractivity contribution in [3.8, 4) is 11.5 Å². The number of carbonyl (C=O) groups excluding carboxylic acids is 1. The van der Waals surface area contributed by atoms with Crippen LogP contribution in [0.5, 0.6) is 11.5 Å². The van der Waals surface area contributed by atoms with Crippen LogP contribution in [-0.4, -0.2) is 32.6 Å². The minimum atomic E-state index is 0.418. The molecule has 0 bridgehead atoms. The largest absolute Gasteiger partial charge is 0.486 e. The van der Waals surface area contributed by atoms with Crippen LogP contribution in [0.4, 0.5) is 0 Å². The first-order valence-corrected chi connectivity index (χ1v) is 7.38. The van der Waals surface area contributed by atoms with Gasteiger partial charge in [-0.15, -0.1) is 0 Å². The number of halogens is 1. The minimum absolute atomic E-state index is 0.418. The summed E-state index contributed by atoms with van der Waals surface area (Å²) in [6.45, 7) is 3.05. The molecule has 1 aromatic carbocycles. The van der Waals surface area contributed by atoms with Crippen LogP contribution in [-0.2, 0) is 0 Å². The Balaban J connectivity index is 2.08. The van der Waals surface area contributed by atoms with E-state index in [0.29, 0.717) is 30.4 Å². The maximum Gasteiger partial charge on any atom is 0.173 e. The summed E-state index contributed by atoms with van der Waals surface area (Å²) in [5.41, 5.74) is 1.68. The van der Waals surface area contributed by atoms with E-state index < -0.39 is 0 Å². The van der Waals surface area contributed by atoms with Gasteiger partial charge in [-0.1, -0.05) is 0 Å². The standard InChI is InChI=1S/C14H16BrNO3/c15-12-6-10(9-2-1-3-16-7-9)13-14(11(12)8-17)19-5-4-18-13/h6,8-9,16H,1-5,7H2. The highest BCUT2D eigenvalue weighted by Crippen LogP contribution is 2.44. The molecule has 1 unspecified atom stereocenters. The predicted octanol–water partition coefficient (Wildman–Crippen LogP) is 2.50. The summed E-state index contributed by atoms with van der Waals surface area (Å²) < 4.78 is 12.2. The highest BCUT2D eigenvalue weighted by molar-refractivity contribution is 9.10. The number of hydrogen-bond acceptors (Lipinski definition) is 4. The molecule has 102 valence electrons. The lowest BCUT2D eigenvalue weighted by Gasteiger charge is -2.29. The number of benzene rings is 1. The van der Waals surface area contributed by atoms with E-state index in [-0.39, 0.29) is 0 Å². The maximum absolute atomic E-state index is 11.2. The monoisotopic (exact) mass is 325 g/mol. The Kier molecular flexibility index (Phi) is 3.75. The summed E-state index contributed by atoms with van der Waals surface area (Å²) in [5, 5.41) is 3.41. The fraction of sp³-hybridized carbons (Fsp3) is 0.500. The quantitative estimate of drug-likeness (QED) is 0.849. The number of rotatable bonds is 2. The summed E-state index contributed by atoms with van der Waals surface area (Å²) in [6, 6.07) is 2.01. The van der Waals surface area contributed by atoms with Gasteiger partial charge in [-0.05, 0) is 41.4 Å². The molecule has 2 aliphatic heterocycles. The predicted molar refractivity (Wildman–Crippen MR) is 75.4 cm³/mol. The van der Waals surface area contributed by atoms with Crippen LogP contribution in [0.1, 0.15) is 34.7 Å². The highest BCUT2D eigenvalue weighted by Gasteiger charge is 2.27. The van der Waals surface area contributed by atoms with Gasteiger partial charge in [0.1, 0.15) is 13.2 Å². The molecule has 2 aliphatic rings. The summed E-state index contributed by atoms with van der Waals surface area (Å²) >= 11 is 3.47. The summed E-state index contributed by atoms with van der Waals surface area (Å²) in [6.07, 6.45) is 3.11. The lowest BCUT2D eigenvalue weighted by atomic mass is 9.90. The number of nitrogens with one attached hydrogen (secondary N) is 1. The van der Waals surface area contributed by atoms with E-state index in [4.69, 9.17) is 9.47 Å². The third-order valence-corrected chi connectivity index (χ3v) is 4.34. The first kappa shape index (κ1) is 12.9. The number of fused-ring (bicyclic) bond motifs is 1. The normalized spacial score (nSPS) is 22.1. The third-order valence-electron chi connectivity index (χ3n) is 3.68. The van der Waals surface area contributed by atoms with Gasteiger partial charge in [-0.2, -0.15) is 0 Å². The van der Waals surface area contributed by atoms with E-state index in [1.54, 1.807) is 0 Å². The molecule has 2 heterocycles. The second-order valence-corrected chi connectivity index (χ2v) is 5.73. The number of aldehydes is 1. The Hall–Kier alpha value is -1.07. The molecular formula is C14H16BrNO3. The van der Waals surface area contributed by atoms with E-state index in [1.165, 1.54) is 0 Å². The zero-order valence-electron chi connectivity index (χ0n) is 10.6. The first-order chi connectivity index (χ1) is 9.31. The number of hydrogen-bond donors (Lipinski definition) is 1. The third kappa shape index (κ3) is 2.37. The average Bonchev–Trinajstić information content (AvgIpc) is 2.47. The van der Waals surface area contributed by atoms with Crippen LogP contribution in [0.15, 0.2) is 10.5 Å². The molecule has 0 aliphatic carbocycles. The van der Waals surface area contributed by atoms with Crippen molar-refractivity contribution in [2.75, 3.05) is 26.3 Å². The van der Waals surface area contributed by atoms with Crippen molar-refractivity contribution >= 4 is 22.2 Å². The van der Waals surface area contributed by atoms with Crippen molar-refractivity contribution in [2.45, 2.75) is 18.8 Å². The fourth-order valence-electron chi connectivity index (χ4n) is 2.75. The topological polar surface area (TPSA) is 47.6 Å². The lowest BCUT2D eigenvalue weighted by Crippen LogP contribution is -2.29. The van der Waals surface area contributed by atoms with Crippen LogP contribution in [0, 0.1) is 0 Å². The summed E-state index contributed by atoms with van der Waals surface area (Å²) in [7, 11) is 0. The van der Waals surface area contributed by atoms with Gasteiger partial charge in [0.2, 0.25) is 0 Å². The summed E-state index contributed by atoms with van der Waals surface area (Å²) in [4.78, 5) is 11.2. The van der Waals surface area contributed by atoms with Crippen molar-refractivity contribution in [3.05, 3.63) is 21.7 Å². The summed E-state index contributed by atoms with van der Waals surface area (Å²) in [5.74, 6) is 1.77. The fourth-order valence-corrected chi connectivity index (χ4v) is 3.27. The van der Waals surface area contributed by atoms with Crippen LogP contribution in [0.25, 0.3) is 0 Å². The molecule has 1 fully saturated rings. The molecule has 1 aromatic rings. The molecular weight excluding hydrogens is 310 g/mol.